The largest absolute Gasteiger partial charge is 0.485 e. The molecule has 108 valence electrons. The monoisotopic (exact) mass is 284 g/mol. The van der Waals surface area contributed by atoms with Crippen molar-refractivity contribution in [3.63, 3.8) is 0 Å². The number of halogens is 1. The minimum atomic E-state index is -0.683. The van der Waals surface area contributed by atoms with E-state index < -0.39 is 6.10 Å². The van der Waals surface area contributed by atoms with Crippen LogP contribution in [0.1, 0.15) is 54.1 Å². The van der Waals surface area contributed by atoms with Crippen LogP contribution in [-0.4, -0.2) is 5.11 Å². The first-order valence-corrected chi connectivity index (χ1v) is 7.45. The van der Waals surface area contributed by atoms with Crippen LogP contribution in [0.5, 0.6) is 5.75 Å². The predicted octanol–water partition coefficient (Wildman–Crippen LogP) is 4.26. The SMILES string of the molecule is O[C@H]1CC(c2ccc(C3CC3)cc2)Oc2ccc(F)cc21. The van der Waals surface area contributed by atoms with Crippen LogP contribution < -0.4 is 4.74 Å². The molecule has 2 aliphatic rings. The van der Waals surface area contributed by atoms with Crippen molar-refractivity contribution in [2.75, 3.05) is 0 Å². The molecule has 1 heterocycles. The lowest BCUT2D eigenvalue weighted by Crippen LogP contribution is -2.19. The number of aliphatic hydroxyl groups is 1. The third kappa shape index (κ3) is 2.42. The molecule has 2 aromatic rings. The van der Waals surface area contributed by atoms with Gasteiger partial charge >= 0.3 is 0 Å². The fourth-order valence-corrected chi connectivity index (χ4v) is 3.02. The summed E-state index contributed by atoms with van der Waals surface area (Å²) >= 11 is 0. The van der Waals surface area contributed by atoms with Gasteiger partial charge in [-0.25, -0.2) is 4.39 Å². The van der Waals surface area contributed by atoms with Gasteiger partial charge in [0.05, 0.1) is 6.10 Å². The number of aliphatic hydroxyl groups excluding tert-OH is 1. The topological polar surface area (TPSA) is 29.5 Å². The van der Waals surface area contributed by atoms with Crippen molar-refractivity contribution < 1.29 is 14.2 Å². The lowest BCUT2D eigenvalue weighted by Gasteiger charge is -2.30. The maximum Gasteiger partial charge on any atom is 0.127 e. The minimum absolute atomic E-state index is 0.175. The van der Waals surface area contributed by atoms with E-state index in [-0.39, 0.29) is 11.9 Å². The van der Waals surface area contributed by atoms with Gasteiger partial charge in [0, 0.05) is 12.0 Å². The second kappa shape index (κ2) is 4.85. The number of fused-ring (bicyclic) bond motifs is 1. The molecule has 1 aliphatic carbocycles. The average Bonchev–Trinajstić information content (AvgIpc) is 3.33. The van der Waals surface area contributed by atoms with E-state index in [1.807, 2.05) is 0 Å². The van der Waals surface area contributed by atoms with E-state index in [0.29, 0.717) is 17.7 Å². The van der Waals surface area contributed by atoms with Gasteiger partial charge in [-0.15, -0.1) is 0 Å². The smallest absolute Gasteiger partial charge is 0.127 e. The maximum atomic E-state index is 13.2. The molecule has 2 nitrogen and oxygen atoms in total. The Bertz CT molecular complexity index is 661. The molecule has 1 fully saturated rings. The summed E-state index contributed by atoms with van der Waals surface area (Å²) in [4.78, 5) is 0. The number of rotatable bonds is 2. The molecule has 0 spiro atoms. The molecule has 1 unspecified atom stereocenters. The quantitative estimate of drug-likeness (QED) is 0.892. The molecular weight excluding hydrogens is 267 g/mol. The molecule has 0 bridgehead atoms. The highest BCUT2D eigenvalue weighted by atomic mass is 19.1. The zero-order chi connectivity index (χ0) is 14.4. The van der Waals surface area contributed by atoms with Gasteiger partial charge in [-0.3, -0.25) is 0 Å². The number of benzene rings is 2. The van der Waals surface area contributed by atoms with E-state index in [2.05, 4.69) is 24.3 Å². The molecular formula is C18H17FO2. The minimum Gasteiger partial charge on any atom is -0.485 e. The molecule has 1 N–H and O–H groups in total. The molecule has 4 rings (SSSR count). The summed E-state index contributed by atoms with van der Waals surface area (Å²) in [6.07, 6.45) is 2.18. The number of ether oxygens (including phenoxy) is 1. The summed E-state index contributed by atoms with van der Waals surface area (Å²) in [6.45, 7) is 0. The van der Waals surface area contributed by atoms with Gasteiger partial charge in [0.25, 0.3) is 0 Å². The summed E-state index contributed by atoms with van der Waals surface area (Å²) in [5.41, 5.74) is 2.99. The fraction of sp³-hybridized carbons (Fsp3) is 0.333. The van der Waals surface area contributed by atoms with Crippen LogP contribution in [0.15, 0.2) is 42.5 Å². The van der Waals surface area contributed by atoms with Crippen molar-refractivity contribution >= 4 is 0 Å². The molecule has 2 atom stereocenters. The molecule has 0 amide bonds. The molecule has 0 saturated heterocycles. The Labute approximate surface area is 123 Å². The summed E-state index contributed by atoms with van der Waals surface area (Å²) < 4.78 is 19.2. The van der Waals surface area contributed by atoms with Gasteiger partial charge in [-0.2, -0.15) is 0 Å². The van der Waals surface area contributed by atoms with Crippen molar-refractivity contribution in [1.82, 2.24) is 0 Å². The molecule has 3 heteroatoms. The summed E-state index contributed by atoms with van der Waals surface area (Å²) in [7, 11) is 0. The lowest BCUT2D eigenvalue weighted by atomic mass is 9.94. The second-order valence-corrected chi connectivity index (χ2v) is 5.98. The summed E-state index contributed by atoms with van der Waals surface area (Å²) in [5, 5.41) is 10.2. The van der Waals surface area contributed by atoms with Crippen molar-refractivity contribution in [1.29, 1.82) is 0 Å². The molecule has 0 radical (unpaired) electrons. The third-order valence-corrected chi connectivity index (χ3v) is 4.39. The van der Waals surface area contributed by atoms with Crippen molar-refractivity contribution in [3.8, 4) is 5.75 Å². The van der Waals surface area contributed by atoms with E-state index in [4.69, 9.17) is 4.74 Å². The average molecular weight is 284 g/mol. The van der Waals surface area contributed by atoms with Crippen LogP contribution in [-0.2, 0) is 0 Å². The van der Waals surface area contributed by atoms with Gasteiger partial charge in [0.2, 0.25) is 0 Å². The highest BCUT2D eigenvalue weighted by Gasteiger charge is 2.29. The lowest BCUT2D eigenvalue weighted by molar-refractivity contribution is 0.0653. The van der Waals surface area contributed by atoms with Crippen LogP contribution in [0.3, 0.4) is 0 Å². The van der Waals surface area contributed by atoms with Crippen LogP contribution >= 0.6 is 0 Å². The molecule has 1 saturated carbocycles. The van der Waals surface area contributed by atoms with E-state index in [0.717, 1.165) is 11.5 Å². The Morgan fingerprint density at radius 1 is 1.00 bits per heavy atom. The number of hydrogen-bond donors (Lipinski definition) is 1. The maximum absolute atomic E-state index is 13.2. The van der Waals surface area contributed by atoms with Gasteiger partial charge in [0.15, 0.2) is 0 Å². The van der Waals surface area contributed by atoms with Gasteiger partial charge in [0.1, 0.15) is 17.7 Å². The Kier molecular flexibility index (Phi) is 2.96. The first-order valence-electron chi connectivity index (χ1n) is 7.45. The molecule has 2 aromatic carbocycles. The zero-order valence-electron chi connectivity index (χ0n) is 11.6. The summed E-state index contributed by atoms with van der Waals surface area (Å²) in [6, 6.07) is 12.8. The van der Waals surface area contributed by atoms with Gasteiger partial charge in [-0.05, 0) is 48.1 Å². The standard InChI is InChI=1S/C18H17FO2/c19-14-7-8-17-15(9-14)16(20)10-18(21-17)13-5-3-12(4-6-13)11-1-2-11/h3-9,11,16,18,20H,1-2,10H2/t16-,18?/m0/s1. The van der Waals surface area contributed by atoms with Crippen LogP contribution in [0.25, 0.3) is 0 Å². The summed E-state index contributed by atoms with van der Waals surface area (Å²) in [5.74, 6) is 0.968. The molecule has 21 heavy (non-hydrogen) atoms. The Morgan fingerprint density at radius 2 is 1.71 bits per heavy atom. The Hall–Kier alpha value is -1.87. The molecule has 0 aromatic heterocycles. The highest BCUT2D eigenvalue weighted by molar-refractivity contribution is 5.39. The predicted molar refractivity (Wildman–Crippen MR) is 77.8 cm³/mol. The fourth-order valence-electron chi connectivity index (χ4n) is 3.02. The third-order valence-electron chi connectivity index (χ3n) is 4.39. The Morgan fingerprint density at radius 3 is 2.43 bits per heavy atom. The normalized spacial score (nSPS) is 24.3. The van der Waals surface area contributed by atoms with Crippen LogP contribution in [0.2, 0.25) is 0 Å². The van der Waals surface area contributed by atoms with E-state index in [9.17, 15) is 9.50 Å². The first-order chi connectivity index (χ1) is 10.2. The van der Waals surface area contributed by atoms with E-state index >= 15 is 0 Å². The highest BCUT2D eigenvalue weighted by Crippen LogP contribution is 2.43. The molecule has 1 aliphatic heterocycles. The first kappa shape index (κ1) is 12.8. The second-order valence-electron chi connectivity index (χ2n) is 5.98. The van der Waals surface area contributed by atoms with Gasteiger partial charge in [-0.1, -0.05) is 24.3 Å². The van der Waals surface area contributed by atoms with Crippen LogP contribution in [0, 0.1) is 5.82 Å². The van der Waals surface area contributed by atoms with E-state index in [1.54, 1.807) is 6.07 Å². The van der Waals surface area contributed by atoms with Crippen molar-refractivity contribution in [2.45, 2.75) is 37.4 Å². The van der Waals surface area contributed by atoms with E-state index in [1.165, 1.54) is 30.5 Å². The van der Waals surface area contributed by atoms with Crippen molar-refractivity contribution in [2.24, 2.45) is 0 Å². The van der Waals surface area contributed by atoms with Crippen molar-refractivity contribution in [3.05, 3.63) is 65.0 Å². The van der Waals surface area contributed by atoms with Gasteiger partial charge < -0.3 is 9.84 Å². The zero-order valence-corrected chi connectivity index (χ0v) is 11.6. The number of hydrogen-bond acceptors (Lipinski definition) is 2. The van der Waals surface area contributed by atoms with Crippen LogP contribution in [0.4, 0.5) is 4.39 Å². The Balaban J connectivity index is 1.60.